The largest absolute Gasteiger partial charge is 0.371 e. The molecule has 0 aliphatic carbocycles. The van der Waals surface area contributed by atoms with E-state index in [-0.39, 0.29) is 0 Å². The van der Waals surface area contributed by atoms with Crippen LogP contribution in [0.2, 0.25) is 0 Å². The van der Waals surface area contributed by atoms with Crippen molar-refractivity contribution >= 4 is 17.6 Å². The quantitative estimate of drug-likeness (QED) is 0.766. The summed E-state index contributed by atoms with van der Waals surface area (Å²) in [5.74, 6) is 2.10. The number of amidine groups is 1. The Hall–Kier alpha value is -0.960. The maximum absolute atomic E-state index is 4.37. The molecule has 0 unspecified atom stereocenters. The number of benzene rings is 1. The van der Waals surface area contributed by atoms with E-state index in [1.54, 1.807) is 0 Å². The predicted molar refractivity (Wildman–Crippen MR) is 62.2 cm³/mol. The second kappa shape index (κ2) is 4.51. The lowest BCUT2D eigenvalue weighted by atomic mass is 10.2. The van der Waals surface area contributed by atoms with E-state index in [0.29, 0.717) is 0 Å². The number of aryl methyl sites for hydroxylation is 1. The second-order valence-electron chi connectivity index (χ2n) is 3.31. The van der Waals surface area contributed by atoms with E-state index < -0.39 is 0 Å². The third kappa shape index (κ3) is 2.29. The second-order valence-corrected chi connectivity index (χ2v) is 4.33. The Balaban J connectivity index is 1.94. The first kappa shape index (κ1) is 9.59. The number of rotatable bonds is 3. The highest BCUT2D eigenvalue weighted by Crippen LogP contribution is 2.21. The highest BCUT2D eigenvalue weighted by atomic mass is 32.2. The molecule has 0 saturated carbocycles. The van der Waals surface area contributed by atoms with Gasteiger partial charge >= 0.3 is 0 Å². The van der Waals surface area contributed by atoms with Crippen LogP contribution in [0.25, 0.3) is 0 Å². The molecule has 0 aromatic heterocycles. The minimum Gasteiger partial charge on any atom is -0.371 e. The summed E-state index contributed by atoms with van der Waals surface area (Å²) >= 11 is 1.85. The Labute approximate surface area is 88.8 Å². The van der Waals surface area contributed by atoms with E-state index in [0.717, 1.165) is 24.7 Å². The SMILES string of the molecule is Cc1ccccc1SCC1=NCCN1. The molecule has 0 radical (unpaired) electrons. The molecule has 0 saturated heterocycles. The van der Waals surface area contributed by atoms with Crippen LogP contribution < -0.4 is 5.32 Å². The Morgan fingerprint density at radius 3 is 3.00 bits per heavy atom. The molecule has 1 aliphatic heterocycles. The number of thioether (sulfide) groups is 1. The van der Waals surface area contributed by atoms with Crippen LogP contribution in [-0.4, -0.2) is 24.7 Å². The minimum absolute atomic E-state index is 0.934. The molecule has 1 N–H and O–H groups in total. The van der Waals surface area contributed by atoms with E-state index >= 15 is 0 Å². The van der Waals surface area contributed by atoms with Crippen molar-refractivity contribution in [2.24, 2.45) is 4.99 Å². The van der Waals surface area contributed by atoms with Gasteiger partial charge < -0.3 is 5.32 Å². The van der Waals surface area contributed by atoms with E-state index in [9.17, 15) is 0 Å². The van der Waals surface area contributed by atoms with Crippen molar-refractivity contribution in [1.82, 2.24) is 5.32 Å². The Bertz CT molecular complexity index is 347. The normalized spacial score (nSPS) is 15.1. The van der Waals surface area contributed by atoms with E-state index in [1.165, 1.54) is 10.5 Å². The highest BCUT2D eigenvalue weighted by molar-refractivity contribution is 8.00. The topological polar surface area (TPSA) is 24.4 Å². The minimum atomic E-state index is 0.934. The van der Waals surface area contributed by atoms with Crippen molar-refractivity contribution in [2.75, 3.05) is 18.8 Å². The lowest BCUT2D eigenvalue weighted by Crippen LogP contribution is -2.20. The van der Waals surface area contributed by atoms with E-state index in [4.69, 9.17) is 0 Å². The van der Waals surface area contributed by atoms with Crippen molar-refractivity contribution in [3.63, 3.8) is 0 Å². The lowest BCUT2D eigenvalue weighted by molar-refractivity contribution is 0.959. The fraction of sp³-hybridized carbons (Fsp3) is 0.364. The van der Waals surface area contributed by atoms with Crippen LogP contribution in [0, 0.1) is 6.92 Å². The maximum Gasteiger partial charge on any atom is 0.107 e. The Kier molecular flexibility index (Phi) is 3.09. The van der Waals surface area contributed by atoms with Gasteiger partial charge in [0.15, 0.2) is 0 Å². The van der Waals surface area contributed by atoms with Crippen LogP contribution in [0.15, 0.2) is 34.2 Å². The highest BCUT2D eigenvalue weighted by Gasteiger charge is 2.05. The number of aliphatic imine (C=N–C) groups is 1. The molecule has 2 nitrogen and oxygen atoms in total. The summed E-state index contributed by atoms with van der Waals surface area (Å²) in [6, 6.07) is 8.46. The molecule has 1 aliphatic rings. The van der Waals surface area contributed by atoms with Crippen LogP contribution in [-0.2, 0) is 0 Å². The molecular weight excluding hydrogens is 192 g/mol. The summed E-state index contributed by atoms with van der Waals surface area (Å²) in [5, 5.41) is 3.28. The molecular formula is C11H14N2S. The monoisotopic (exact) mass is 206 g/mol. The van der Waals surface area contributed by atoms with Gasteiger partial charge in [0.05, 0.1) is 12.3 Å². The fourth-order valence-electron chi connectivity index (χ4n) is 1.41. The van der Waals surface area contributed by atoms with Gasteiger partial charge in [-0.15, -0.1) is 11.8 Å². The summed E-state index contributed by atoms with van der Waals surface area (Å²) in [7, 11) is 0. The van der Waals surface area contributed by atoms with Crippen molar-refractivity contribution < 1.29 is 0 Å². The van der Waals surface area contributed by atoms with Gasteiger partial charge in [0, 0.05) is 11.4 Å². The van der Waals surface area contributed by atoms with Gasteiger partial charge in [0.2, 0.25) is 0 Å². The first-order valence-corrected chi connectivity index (χ1v) is 5.80. The predicted octanol–water partition coefficient (Wildman–Crippen LogP) is 2.09. The number of hydrogen-bond donors (Lipinski definition) is 1. The summed E-state index contributed by atoms with van der Waals surface area (Å²) in [4.78, 5) is 5.72. The number of nitrogens with zero attached hydrogens (tertiary/aromatic N) is 1. The number of nitrogens with one attached hydrogen (secondary N) is 1. The molecule has 3 heteroatoms. The van der Waals surface area contributed by atoms with Crippen LogP contribution in [0.1, 0.15) is 5.56 Å². The zero-order valence-electron chi connectivity index (χ0n) is 8.29. The fourth-order valence-corrected chi connectivity index (χ4v) is 2.36. The summed E-state index contributed by atoms with van der Waals surface area (Å²) in [6.45, 7) is 4.08. The number of hydrogen-bond acceptors (Lipinski definition) is 3. The molecule has 0 spiro atoms. The Morgan fingerprint density at radius 2 is 2.29 bits per heavy atom. The molecule has 0 atom stereocenters. The van der Waals surface area contributed by atoms with Gasteiger partial charge in [-0.05, 0) is 18.6 Å². The van der Waals surface area contributed by atoms with Crippen LogP contribution in [0.3, 0.4) is 0 Å². The van der Waals surface area contributed by atoms with Crippen LogP contribution >= 0.6 is 11.8 Å². The molecule has 0 amide bonds. The van der Waals surface area contributed by atoms with Gasteiger partial charge in [0.1, 0.15) is 5.84 Å². The first-order valence-electron chi connectivity index (χ1n) is 4.82. The van der Waals surface area contributed by atoms with E-state index in [2.05, 4.69) is 41.5 Å². The smallest absolute Gasteiger partial charge is 0.107 e. The Morgan fingerprint density at radius 1 is 1.43 bits per heavy atom. The first-order chi connectivity index (χ1) is 6.86. The molecule has 1 aromatic carbocycles. The van der Waals surface area contributed by atoms with Gasteiger partial charge in [0.25, 0.3) is 0 Å². The molecule has 1 aromatic rings. The molecule has 2 rings (SSSR count). The lowest BCUT2D eigenvalue weighted by Gasteiger charge is -2.05. The zero-order chi connectivity index (χ0) is 9.80. The third-order valence-corrected chi connectivity index (χ3v) is 3.39. The van der Waals surface area contributed by atoms with Crippen LogP contribution in [0.5, 0.6) is 0 Å². The van der Waals surface area contributed by atoms with Gasteiger partial charge in [-0.2, -0.15) is 0 Å². The van der Waals surface area contributed by atoms with Gasteiger partial charge in [-0.25, -0.2) is 0 Å². The van der Waals surface area contributed by atoms with Gasteiger partial charge in [-0.1, -0.05) is 18.2 Å². The zero-order valence-corrected chi connectivity index (χ0v) is 9.10. The molecule has 14 heavy (non-hydrogen) atoms. The van der Waals surface area contributed by atoms with Crippen LogP contribution in [0.4, 0.5) is 0 Å². The third-order valence-electron chi connectivity index (χ3n) is 2.20. The van der Waals surface area contributed by atoms with Gasteiger partial charge in [-0.3, -0.25) is 4.99 Å². The van der Waals surface area contributed by atoms with Crippen molar-refractivity contribution in [3.8, 4) is 0 Å². The molecule has 0 bridgehead atoms. The van der Waals surface area contributed by atoms with Crippen molar-refractivity contribution in [3.05, 3.63) is 29.8 Å². The average Bonchev–Trinajstić information content (AvgIpc) is 2.69. The molecule has 1 heterocycles. The van der Waals surface area contributed by atoms with Crippen molar-refractivity contribution in [1.29, 1.82) is 0 Å². The van der Waals surface area contributed by atoms with Crippen molar-refractivity contribution in [2.45, 2.75) is 11.8 Å². The summed E-state index contributed by atoms with van der Waals surface area (Å²) < 4.78 is 0. The maximum atomic E-state index is 4.37. The summed E-state index contributed by atoms with van der Waals surface area (Å²) in [6.07, 6.45) is 0. The standard InChI is InChI=1S/C11H14N2S/c1-9-4-2-3-5-10(9)14-8-11-12-6-7-13-11/h2-5H,6-8H2,1H3,(H,12,13). The average molecular weight is 206 g/mol. The molecule has 74 valence electrons. The van der Waals surface area contributed by atoms with E-state index in [1.807, 2.05) is 11.8 Å². The molecule has 0 fully saturated rings. The summed E-state index contributed by atoms with van der Waals surface area (Å²) in [5.41, 5.74) is 1.34.